The lowest BCUT2D eigenvalue weighted by molar-refractivity contribution is 0.0668. The van der Waals surface area contributed by atoms with E-state index in [0.717, 1.165) is 31.7 Å². The van der Waals surface area contributed by atoms with Crippen molar-refractivity contribution in [3.63, 3.8) is 0 Å². The van der Waals surface area contributed by atoms with Gasteiger partial charge < -0.3 is 14.7 Å². The number of aromatic nitrogens is 1. The fraction of sp³-hybridized carbons (Fsp3) is 0.421. The molecule has 1 aromatic heterocycles. The maximum atomic E-state index is 12.7. The van der Waals surface area contributed by atoms with Crippen molar-refractivity contribution in [3.8, 4) is 0 Å². The third kappa shape index (κ3) is 3.81. The fourth-order valence-electron chi connectivity index (χ4n) is 3.36. The first kappa shape index (κ1) is 17.9. The molecular weight excluding hydrogens is 362 g/mol. The van der Waals surface area contributed by atoms with Gasteiger partial charge >= 0.3 is 6.03 Å². The molecule has 3 heterocycles. The number of hydrogen-bond donors (Lipinski definition) is 0. The highest BCUT2D eigenvalue weighted by molar-refractivity contribution is 7.17. The Morgan fingerprint density at radius 2 is 1.81 bits per heavy atom. The molecule has 1 aromatic carbocycles. The lowest BCUT2D eigenvalue weighted by Crippen LogP contribution is -2.46. The summed E-state index contributed by atoms with van der Waals surface area (Å²) in [6.07, 6.45) is 1.60. The van der Waals surface area contributed by atoms with Crippen LogP contribution in [-0.4, -0.2) is 77.9 Å². The van der Waals surface area contributed by atoms with Gasteiger partial charge in [-0.25, -0.2) is 9.78 Å². The van der Waals surface area contributed by atoms with Crippen molar-refractivity contribution in [1.29, 1.82) is 0 Å². The van der Waals surface area contributed by atoms with Crippen molar-refractivity contribution in [2.24, 2.45) is 0 Å². The molecule has 0 saturated carbocycles. The van der Waals surface area contributed by atoms with Crippen LogP contribution in [0.2, 0.25) is 0 Å². The van der Waals surface area contributed by atoms with Crippen LogP contribution in [0.25, 0.3) is 0 Å². The Balaban J connectivity index is 1.41. The van der Waals surface area contributed by atoms with Gasteiger partial charge in [0, 0.05) is 45.8 Å². The number of carbonyl (C=O) groups excluding carboxylic acids is 2. The van der Waals surface area contributed by atoms with Gasteiger partial charge in [-0.05, 0) is 12.6 Å². The van der Waals surface area contributed by atoms with Gasteiger partial charge in [-0.15, -0.1) is 0 Å². The minimum atomic E-state index is -0.0493. The van der Waals surface area contributed by atoms with Gasteiger partial charge in [-0.3, -0.25) is 9.69 Å². The highest BCUT2D eigenvalue weighted by Crippen LogP contribution is 2.27. The van der Waals surface area contributed by atoms with Crippen molar-refractivity contribution < 1.29 is 9.59 Å². The van der Waals surface area contributed by atoms with Gasteiger partial charge in [-0.1, -0.05) is 41.7 Å². The first-order valence-corrected chi connectivity index (χ1v) is 9.97. The molecule has 0 unspecified atom stereocenters. The summed E-state index contributed by atoms with van der Waals surface area (Å²) >= 11 is 1.31. The number of urea groups is 1. The number of piperazine rings is 1. The average Bonchev–Trinajstić information content (AvgIpc) is 3.30. The summed E-state index contributed by atoms with van der Waals surface area (Å²) in [4.78, 5) is 38.0. The number of hydrogen-bond acceptors (Lipinski definition) is 5. The largest absolute Gasteiger partial charge is 0.335 e. The third-order valence-corrected chi connectivity index (χ3v) is 6.05. The number of anilines is 1. The van der Waals surface area contributed by atoms with Gasteiger partial charge in [0.1, 0.15) is 4.88 Å². The predicted molar refractivity (Wildman–Crippen MR) is 105 cm³/mol. The molecular formula is C19H23N5O2S. The molecule has 0 aliphatic carbocycles. The first-order valence-electron chi connectivity index (χ1n) is 9.16. The van der Waals surface area contributed by atoms with Crippen LogP contribution in [0.5, 0.6) is 0 Å². The van der Waals surface area contributed by atoms with E-state index in [1.807, 2.05) is 40.1 Å². The second-order valence-corrected chi connectivity index (χ2v) is 7.95. The number of likely N-dealkylation sites (N-methyl/N-ethyl adjacent to an activating group) is 1. The van der Waals surface area contributed by atoms with Crippen LogP contribution in [0.3, 0.4) is 0 Å². The van der Waals surface area contributed by atoms with Gasteiger partial charge in [0.05, 0.1) is 6.20 Å². The zero-order chi connectivity index (χ0) is 18.8. The SMILES string of the molecule is CN1CCN(C(=O)c2cnc(N3CCN(Cc4ccccc4)C3=O)s2)CC1. The lowest BCUT2D eigenvalue weighted by atomic mass is 10.2. The molecule has 0 N–H and O–H groups in total. The smallest absolute Gasteiger partial charge is 0.326 e. The van der Waals surface area contributed by atoms with E-state index in [4.69, 9.17) is 0 Å². The molecule has 0 spiro atoms. The minimum absolute atomic E-state index is 0.0136. The van der Waals surface area contributed by atoms with E-state index in [1.165, 1.54) is 11.3 Å². The Morgan fingerprint density at radius 1 is 1.07 bits per heavy atom. The lowest BCUT2D eigenvalue weighted by Gasteiger charge is -2.32. The number of thiazole rings is 1. The zero-order valence-electron chi connectivity index (χ0n) is 15.4. The minimum Gasteiger partial charge on any atom is -0.335 e. The molecule has 27 heavy (non-hydrogen) atoms. The van der Waals surface area contributed by atoms with Crippen LogP contribution in [-0.2, 0) is 6.54 Å². The van der Waals surface area contributed by atoms with Gasteiger partial charge in [0.2, 0.25) is 0 Å². The standard InChI is InChI=1S/C19H23N5O2S/c1-21-7-9-22(10-8-21)17(25)16-13-20-18(27-16)24-12-11-23(19(24)26)14-15-5-3-2-4-6-15/h2-6,13H,7-12,14H2,1H3. The number of rotatable bonds is 4. The van der Waals surface area contributed by atoms with Gasteiger partial charge in [-0.2, -0.15) is 0 Å². The number of benzene rings is 1. The molecule has 4 rings (SSSR count). The fourth-order valence-corrected chi connectivity index (χ4v) is 4.27. The van der Waals surface area contributed by atoms with Crippen molar-refractivity contribution in [3.05, 3.63) is 47.0 Å². The molecule has 2 saturated heterocycles. The number of carbonyl (C=O) groups is 2. The quantitative estimate of drug-likeness (QED) is 0.807. The summed E-state index contributed by atoms with van der Waals surface area (Å²) in [5.74, 6) is 0.0136. The first-order chi connectivity index (χ1) is 13.1. The van der Waals surface area contributed by atoms with E-state index < -0.39 is 0 Å². The van der Waals surface area contributed by atoms with Crippen LogP contribution in [0.15, 0.2) is 36.5 Å². The molecule has 2 aliphatic rings. The van der Waals surface area contributed by atoms with E-state index in [2.05, 4.69) is 16.9 Å². The second-order valence-electron chi connectivity index (χ2n) is 6.94. The van der Waals surface area contributed by atoms with E-state index >= 15 is 0 Å². The van der Waals surface area contributed by atoms with Crippen LogP contribution in [0, 0.1) is 0 Å². The molecule has 0 bridgehead atoms. The molecule has 0 atom stereocenters. The molecule has 0 radical (unpaired) electrons. The molecule has 7 nitrogen and oxygen atoms in total. The van der Waals surface area contributed by atoms with Crippen LogP contribution in [0.4, 0.5) is 9.93 Å². The Labute approximate surface area is 162 Å². The molecule has 3 amide bonds. The average molecular weight is 385 g/mol. The van der Waals surface area contributed by atoms with E-state index in [9.17, 15) is 9.59 Å². The van der Waals surface area contributed by atoms with E-state index in [-0.39, 0.29) is 11.9 Å². The Kier molecular flexibility index (Phi) is 5.09. The Bertz CT molecular complexity index is 817. The molecule has 2 fully saturated rings. The molecule has 2 aliphatic heterocycles. The van der Waals surface area contributed by atoms with Crippen LogP contribution < -0.4 is 4.90 Å². The monoisotopic (exact) mass is 385 g/mol. The van der Waals surface area contributed by atoms with Crippen molar-refractivity contribution in [2.75, 3.05) is 51.2 Å². The van der Waals surface area contributed by atoms with Crippen LogP contribution >= 0.6 is 11.3 Å². The topological polar surface area (TPSA) is 60.0 Å². The molecule has 2 aromatic rings. The highest BCUT2D eigenvalue weighted by Gasteiger charge is 2.32. The summed E-state index contributed by atoms with van der Waals surface area (Å²) in [6, 6.07) is 9.91. The predicted octanol–water partition coefficient (Wildman–Crippen LogP) is 1.97. The normalized spacial score (nSPS) is 18.4. The van der Waals surface area contributed by atoms with Crippen molar-refractivity contribution >= 4 is 28.4 Å². The van der Waals surface area contributed by atoms with Crippen LogP contribution in [0.1, 0.15) is 15.2 Å². The summed E-state index contributed by atoms with van der Waals surface area (Å²) in [5, 5.41) is 0.605. The van der Waals surface area contributed by atoms with E-state index in [1.54, 1.807) is 11.1 Å². The van der Waals surface area contributed by atoms with Gasteiger partial charge in [0.15, 0.2) is 5.13 Å². The van der Waals surface area contributed by atoms with E-state index in [0.29, 0.717) is 29.6 Å². The maximum absolute atomic E-state index is 12.7. The van der Waals surface area contributed by atoms with Crippen molar-refractivity contribution in [2.45, 2.75) is 6.54 Å². The summed E-state index contributed by atoms with van der Waals surface area (Å²) in [6.45, 7) is 5.09. The summed E-state index contributed by atoms with van der Waals surface area (Å²) in [5.41, 5.74) is 1.11. The summed E-state index contributed by atoms with van der Waals surface area (Å²) in [7, 11) is 2.06. The summed E-state index contributed by atoms with van der Waals surface area (Å²) < 4.78 is 0. The highest BCUT2D eigenvalue weighted by atomic mass is 32.1. The number of nitrogens with zero attached hydrogens (tertiary/aromatic N) is 5. The van der Waals surface area contributed by atoms with Crippen molar-refractivity contribution in [1.82, 2.24) is 19.7 Å². The van der Waals surface area contributed by atoms with Gasteiger partial charge in [0.25, 0.3) is 5.91 Å². The maximum Gasteiger partial charge on any atom is 0.326 e. The third-order valence-electron chi connectivity index (χ3n) is 5.04. The Morgan fingerprint density at radius 3 is 2.56 bits per heavy atom. The zero-order valence-corrected chi connectivity index (χ0v) is 16.2. The number of amides is 3. The Hall–Kier alpha value is -2.45. The molecule has 8 heteroatoms. The molecule has 142 valence electrons. The second kappa shape index (κ2) is 7.66.